The maximum absolute atomic E-state index is 3.94. The van der Waals surface area contributed by atoms with Crippen LogP contribution < -0.4 is 0 Å². The molecule has 0 bridgehead atoms. The molecule has 2 N–H and O–H groups in total. The molecule has 4 heteroatoms. The van der Waals surface area contributed by atoms with Gasteiger partial charge in [0.1, 0.15) is 0 Å². The van der Waals surface area contributed by atoms with E-state index in [9.17, 15) is 0 Å². The monoisotopic (exact) mass is 586 g/mol. The highest BCUT2D eigenvalue weighted by atomic mass is 15.0. The molecule has 0 saturated heterocycles. The summed E-state index contributed by atoms with van der Waals surface area (Å²) in [5.41, 5.74) is 11.8. The second-order valence-electron chi connectivity index (χ2n) is 12.3. The number of fused-ring (bicyclic) bond motifs is 15. The molecule has 0 fully saturated rings. The Hall–Kier alpha value is -6.26. The summed E-state index contributed by atoms with van der Waals surface area (Å²) in [6.07, 6.45) is 0. The Bertz CT molecular complexity index is 3010. The zero-order valence-corrected chi connectivity index (χ0v) is 24.8. The number of hydrogen-bond donors (Lipinski definition) is 2. The lowest BCUT2D eigenvalue weighted by Crippen LogP contribution is -1.94. The van der Waals surface area contributed by atoms with Crippen LogP contribution in [0.4, 0.5) is 0 Å². The lowest BCUT2D eigenvalue weighted by molar-refractivity contribution is 1.19. The Morgan fingerprint density at radius 2 is 0.891 bits per heavy atom. The third-order valence-corrected chi connectivity index (χ3v) is 9.96. The normalized spacial score (nSPS) is 12.3. The van der Waals surface area contributed by atoms with Gasteiger partial charge in [-0.25, -0.2) is 0 Å². The molecule has 11 rings (SSSR count). The predicted molar refractivity (Wildman–Crippen MR) is 194 cm³/mol. The van der Waals surface area contributed by atoms with Crippen molar-refractivity contribution >= 4 is 87.2 Å². The largest absolute Gasteiger partial charge is 0.354 e. The first-order valence-corrected chi connectivity index (χ1v) is 15.8. The summed E-state index contributed by atoms with van der Waals surface area (Å²) in [5.74, 6) is 0. The van der Waals surface area contributed by atoms with Crippen LogP contribution in [-0.4, -0.2) is 19.1 Å². The minimum absolute atomic E-state index is 1.14. The highest BCUT2D eigenvalue weighted by Gasteiger charge is 2.23. The SMILES string of the molecule is c1ccc(-n2c3ccccc3c3ccc4[nH]c5c(ccc6c5c5ccc7[nH]c8ccccc8c7c5n6-c5ccccc5)c4c32)cc1. The maximum Gasteiger partial charge on any atom is 0.0641 e. The summed E-state index contributed by atoms with van der Waals surface area (Å²) in [6.45, 7) is 0. The third kappa shape index (κ3) is 2.98. The van der Waals surface area contributed by atoms with Crippen LogP contribution in [0.15, 0.2) is 146 Å². The van der Waals surface area contributed by atoms with Crippen LogP contribution in [0.2, 0.25) is 0 Å². The number of nitrogens with zero attached hydrogens (tertiary/aromatic N) is 2. The van der Waals surface area contributed by atoms with Crippen molar-refractivity contribution in [1.29, 1.82) is 0 Å². The van der Waals surface area contributed by atoms with Crippen LogP contribution in [0.5, 0.6) is 0 Å². The highest BCUT2D eigenvalue weighted by molar-refractivity contribution is 6.34. The van der Waals surface area contributed by atoms with Crippen molar-refractivity contribution in [2.45, 2.75) is 0 Å². The number of benzene rings is 7. The van der Waals surface area contributed by atoms with Crippen molar-refractivity contribution in [2.24, 2.45) is 0 Å². The van der Waals surface area contributed by atoms with Gasteiger partial charge in [0.2, 0.25) is 0 Å². The van der Waals surface area contributed by atoms with Gasteiger partial charge >= 0.3 is 0 Å². The Kier molecular flexibility index (Phi) is 4.55. The summed E-state index contributed by atoms with van der Waals surface area (Å²) in [5, 5.41) is 10.0. The minimum atomic E-state index is 1.14. The van der Waals surface area contributed by atoms with Gasteiger partial charge in [0.15, 0.2) is 0 Å². The second kappa shape index (κ2) is 8.68. The Morgan fingerprint density at radius 1 is 0.326 bits per heavy atom. The molecule has 0 atom stereocenters. The topological polar surface area (TPSA) is 41.4 Å². The number of rotatable bonds is 2. The molecule has 0 unspecified atom stereocenters. The van der Waals surface area contributed by atoms with Crippen molar-refractivity contribution in [3.8, 4) is 11.4 Å². The van der Waals surface area contributed by atoms with Crippen LogP contribution in [-0.2, 0) is 0 Å². The number of hydrogen-bond acceptors (Lipinski definition) is 0. The third-order valence-electron chi connectivity index (χ3n) is 9.96. The quantitative estimate of drug-likeness (QED) is 0.202. The van der Waals surface area contributed by atoms with Crippen LogP contribution in [0.25, 0.3) is 98.6 Å². The molecular weight excluding hydrogens is 560 g/mol. The number of aromatic nitrogens is 4. The van der Waals surface area contributed by atoms with Gasteiger partial charge < -0.3 is 19.1 Å². The molecule has 0 saturated carbocycles. The summed E-state index contributed by atoms with van der Waals surface area (Å²) in [6, 6.07) is 52.7. The molecule has 0 aliphatic rings. The Balaban J connectivity index is 1.37. The molecule has 7 aromatic carbocycles. The molecule has 0 aliphatic heterocycles. The molecule has 214 valence electrons. The van der Waals surface area contributed by atoms with E-state index in [-0.39, 0.29) is 0 Å². The average Bonchev–Trinajstić information content (AvgIpc) is 3.85. The summed E-state index contributed by atoms with van der Waals surface area (Å²) < 4.78 is 4.89. The molecule has 0 spiro atoms. The molecular formula is C42H26N4. The Labute approximate surface area is 262 Å². The first-order chi connectivity index (χ1) is 22.8. The molecule has 0 radical (unpaired) electrons. The fraction of sp³-hybridized carbons (Fsp3) is 0. The van der Waals surface area contributed by atoms with E-state index in [4.69, 9.17) is 0 Å². The van der Waals surface area contributed by atoms with Crippen LogP contribution >= 0.6 is 0 Å². The van der Waals surface area contributed by atoms with E-state index in [1.54, 1.807) is 0 Å². The van der Waals surface area contributed by atoms with Crippen molar-refractivity contribution in [3.63, 3.8) is 0 Å². The van der Waals surface area contributed by atoms with Crippen molar-refractivity contribution in [2.75, 3.05) is 0 Å². The standard InChI is InChI=1S/C42H26N4/c1-3-11-25(12-4-1)45-35-18-10-8-15-27(35)28-19-22-34-38(41(28)45)30-21-24-36-39(40(30)44-34)31-20-23-33-37(29-16-7-9-17-32(29)43-33)42(31)46(36)26-13-5-2-6-14-26/h1-24,43-44H. The Morgan fingerprint density at radius 3 is 1.67 bits per heavy atom. The average molecular weight is 587 g/mol. The zero-order valence-electron chi connectivity index (χ0n) is 24.8. The molecule has 4 aromatic heterocycles. The van der Waals surface area contributed by atoms with E-state index < -0.39 is 0 Å². The van der Waals surface area contributed by atoms with Crippen LogP contribution in [0.1, 0.15) is 0 Å². The van der Waals surface area contributed by atoms with Crippen molar-refractivity contribution in [1.82, 2.24) is 19.1 Å². The van der Waals surface area contributed by atoms with Gasteiger partial charge in [0.05, 0.1) is 27.6 Å². The van der Waals surface area contributed by atoms with E-state index in [0.29, 0.717) is 0 Å². The van der Waals surface area contributed by atoms with Gasteiger partial charge in [0.25, 0.3) is 0 Å². The summed E-state index contributed by atoms with van der Waals surface area (Å²) in [7, 11) is 0. The van der Waals surface area contributed by atoms with Crippen molar-refractivity contribution < 1.29 is 0 Å². The van der Waals surface area contributed by atoms with E-state index in [1.165, 1.54) is 76.4 Å². The van der Waals surface area contributed by atoms with E-state index in [2.05, 4.69) is 165 Å². The van der Waals surface area contributed by atoms with Gasteiger partial charge in [-0.15, -0.1) is 0 Å². The molecule has 4 nitrogen and oxygen atoms in total. The fourth-order valence-corrected chi connectivity index (χ4v) is 8.13. The molecule has 46 heavy (non-hydrogen) atoms. The smallest absolute Gasteiger partial charge is 0.0641 e. The van der Waals surface area contributed by atoms with Gasteiger partial charge in [0, 0.05) is 71.0 Å². The van der Waals surface area contributed by atoms with Crippen LogP contribution in [0, 0.1) is 0 Å². The zero-order chi connectivity index (χ0) is 29.9. The van der Waals surface area contributed by atoms with Gasteiger partial charge in [-0.1, -0.05) is 91.0 Å². The number of para-hydroxylation sites is 4. The minimum Gasteiger partial charge on any atom is -0.354 e. The predicted octanol–water partition coefficient (Wildman–Crippen LogP) is 11.1. The lowest BCUT2D eigenvalue weighted by Gasteiger charge is -2.09. The van der Waals surface area contributed by atoms with E-state index >= 15 is 0 Å². The number of H-pyrrole nitrogens is 2. The maximum atomic E-state index is 3.94. The number of aromatic amines is 2. The summed E-state index contributed by atoms with van der Waals surface area (Å²) >= 11 is 0. The molecule has 0 amide bonds. The van der Waals surface area contributed by atoms with Gasteiger partial charge in [-0.3, -0.25) is 0 Å². The van der Waals surface area contributed by atoms with Crippen LogP contribution in [0.3, 0.4) is 0 Å². The first kappa shape index (κ1) is 24.1. The first-order valence-electron chi connectivity index (χ1n) is 15.8. The molecule has 11 aromatic rings. The second-order valence-corrected chi connectivity index (χ2v) is 12.3. The molecule has 4 heterocycles. The van der Waals surface area contributed by atoms with E-state index in [0.717, 1.165) is 22.2 Å². The lowest BCUT2D eigenvalue weighted by atomic mass is 10.0. The number of nitrogens with one attached hydrogen (secondary N) is 2. The highest BCUT2D eigenvalue weighted by Crippen LogP contribution is 2.45. The van der Waals surface area contributed by atoms with E-state index in [1.807, 2.05) is 0 Å². The van der Waals surface area contributed by atoms with Gasteiger partial charge in [-0.2, -0.15) is 0 Å². The van der Waals surface area contributed by atoms with Gasteiger partial charge in [-0.05, 0) is 54.6 Å². The fourth-order valence-electron chi connectivity index (χ4n) is 8.13. The van der Waals surface area contributed by atoms with Crippen molar-refractivity contribution in [3.05, 3.63) is 146 Å². The molecule has 0 aliphatic carbocycles. The summed E-state index contributed by atoms with van der Waals surface area (Å²) in [4.78, 5) is 7.62.